The molecule has 2 aliphatic carbocycles. The second-order valence-electron chi connectivity index (χ2n) is 12.9. The number of hydrogen-bond donors (Lipinski definition) is 3. The Bertz CT molecular complexity index is 1490. The number of rotatable bonds is 1. The number of likely N-dealkylation sites (tertiary alicyclic amines) is 2. The van der Waals surface area contributed by atoms with Crippen LogP contribution in [0.15, 0.2) is 54.6 Å². The Hall–Kier alpha value is -3.98. The van der Waals surface area contributed by atoms with Crippen LogP contribution in [0.25, 0.3) is 0 Å². The van der Waals surface area contributed by atoms with Crippen LogP contribution in [0.1, 0.15) is 62.1 Å². The van der Waals surface area contributed by atoms with E-state index in [0.717, 1.165) is 42.4 Å². The fraction of sp³-hybridized carbons (Fsp3) is 0.514. The van der Waals surface area contributed by atoms with E-state index in [9.17, 15) is 24.9 Å². The average molecular weight is 613 g/mol. The monoisotopic (exact) mass is 612 g/mol. The second kappa shape index (κ2) is 14.0. The topological polar surface area (TPSA) is 111 Å². The van der Waals surface area contributed by atoms with Crippen molar-refractivity contribution in [2.75, 3.05) is 32.8 Å². The number of aliphatic hydroxyl groups is 2. The van der Waals surface area contributed by atoms with Gasteiger partial charge in [0.2, 0.25) is 0 Å². The van der Waals surface area contributed by atoms with Crippen LogP contribution >= 0.6 is 0 Å². The number of aryl methyl sites for hydroxylation is 1. The molecular weight excluding hydrogens is 568 g/mol. The van der Waals surface area contributed by atoms with E-state index in [1.165, 1.54) is 4.90 Å². The van der Waals surface area contributed by atoms with Gasteiger partial charge in [-0.05, 0) is 94.0 Å². The van der Waals surface area contributed by atoms with Crippen LogP contribution in [0, 0.1) is 54.3 Å². The summed E-state index contributed by atoms with van der Waals surface area (Å²) >= 11 is 0. The Balaban J connectivity index is 0.000000178. The molecular formula is C37H44N2O6. The molecule has 2 aliphatic heterocycles. The first-order valence-corrected chi connectivity index (χ1v) is 16.1. The fourth-order valence-electron chi connectivity index (χ4n) is 7.48. The summed E-state index contributed by atoms with van der Waals surface area (Å²) in [7, 11) is 0. The van der Waals surface area contributed by atoms with Gasteiger partial charge in [0, 0.05) is 49.1 Å². The predicted octanol–water partition coefficient (Wildman–Crippen LogP) is 5.15. The average Bonchev–Trinajstić information content (AvgIpc) is 3.68. The summed E-state index contributed by atoms with van der Waals surface area (Å²) in [5.74, 6) is 12.8. The summed E-state index contributed by atoms with van der Waals surface area (Å²) in [6, 6.07) is 17.6. The van der Waals surface area contributed by atoms with Gasteiger partial charge in [-0.2, -0.15) is 0 Å². The molecule has 45 heavy (non-hydrogen) atoms. The smallest absolute Gasteiger partial charge is 0.409 e. The lowest BCUT2D eigenvalue weighted by molar-refractivity contribution is -0.00825. The molecule has 0 aromatic heterocycles. The maximum absolute atomic E-state index is 12.0. The molecule has 4 fully saturated rings. The van der Waals surface area contributed by atoms with Gasteiger partial charge in [-0.1, -0.05) is 54.0 Å². The van der Waals surface area contributed by atoms with E-state index < -0.39 is 17.3 Å². The van der Waals surface area contributed by atoms with Crippen molar-refractivity contribution in [1.29, 1.82) is 0 Å². The van der Waals surface area contributed by atoms with Crippen molar-refractivity contribution in [2.45, 2.75) is 63.6 Å². The van der Waals surface area contributed by atoms with E-state index in [-0.39, 0.29) is 23.8 Å². The van der Waals surface area contributed by atoms with Crippen LogP contribution < -0.4 is 0 Å². The molecule has 238 valence electrons. The Morgan fingerprint density at radius 2 is 1.38 bits per heavy atom. The van der Waals surface area contributed by atoms with Crippen molar-refractivity contribution >= 4 is 12.2 Å². The van der Waals surface area contributed by atoms with Crippen molar-refractivity contribution in [3.8, 4) is 23.7 Å². The molecule has 4 aliphatic rings. The molecule has 0 radical (unpaired) electrons. The minimum atomic E-state index is -1.07. The molecule has 3 N–H and O–H groups in total. The normalized spacial score (nSPS) is 29.9. The summed E-state index contributed by atoms with van der Waals surface area (Å²) in [5, 5.41) is 31.2. The number of carbonyl (C=O) groups excluding carboxylic acids is 1. The molecule has 0 bridgehead atoms. The SMILES string of the molecule is CCOC(=O)N1CC2CCCC(O)(C#Cc3ccccc3)C2C1.Cc1cccc(C#CC2(O)CCCC3CN(C(=O)O)CC32)c1. The number of hydrogen-bond acceptors (Lipinski definition) is 5. The Morgan fingerprint density at radius 3 is 1.96 bits per heavy atom. The van der Waals surface area contributed by atoms with Crippen LogP contribution in [0.4, 0.5) is 9.59 Å². The summed E-state index contributed by atoms with van der Waals surface area (Å²) in [4.78, 5) is 26.3. The fourth-order valence-corrected chi connectivity index (χ4v) is 7.48. The molecule has 6 atom stereocenters. The molecule has 8 nitrogen and oxygen atoms in total. The van der Waals surface area contributed by atoms with Crippen LogP contribution in [-0.2, 0) is 4.74 Å². The van der Waals surface area contributed by atoms with Crippen molar-refractivity contribution in [3.63, 3.8) is 0 Å². The summed E-state index contributed by atoms with van der Waals surface area (Å²) < 4.78 is 5.10. The number of benzene rings is 2. The van der Waals surface area contributed by atoms with E-state index in [2.05, 4.69) is 23.7 Å². The number of ether oxygens (including phenoxy) is 1. The van der Waals surface area contributed by atoms with Gasteiger partial charge < -0.3 is 29.9 Å². The van der Waals surface area contributed by atoms with Crippen molar-refractivity contribution < 1.29 is 29.6 Å². The summed E-state index contributed by atoms with van der Waals surface area (Å²) in [6.07, 6.45) is 3.97. The van der Waals surface area contributed by atoms with Gasteiger partial charge >= 0.3 is 12.2 Å². The molecule has 2 aromatic rings. The minimum Gasteiger partial charge on any atom is -0.465 e. The van der Waals surface area contributed by atoms with Crippen LogP contribution in [0.3, 0.4) is 0 Å². The highest BCUT2D eigenvalue weighted by Crippen LogP contribution is 2.43. The number of fused-ring (bicyclic) bond motifs is 2. The number of carboxylic acid groups (broad SMARTS) is 1. The molecule has 2 saturated carbocycles. The van der Waals surface area contributed by atoms with E-state index in [4.69, 9.17) is 4.74 Å². The number of carbonyl (C=O) groups is 2. The Labute approximate surface area is 266 Å². The predicted molar refractivity (Wildman–Crippen MR) is 171 cm³/mol. The van der Waals surface area contributed by atoms with Crippen molar-refractivity contribution in [1.82, 2.24) is 9.80 Å². The lowest BCUT2D eigenvalue weighted by Crippen LogP contribution is -2.44. The quantitative estimate of drug-likeness (QED) is 0.385. The largest absolute Gasteiger partial charge is 0.465 e. The maximum atomic E-state index is 12.0. The summed E-state index contributed by atoms with van der Waals surface area (Å²) in [6.45, 7) is 6.30. The van der Waals surface area contributed by atoms with E-state index >= 15 is 0 Å². The lowest BCUT2D eigenvalue weighted by Gasteiger charge is -2.37. The third-order valence-corrected chi connectivity index (χ3v) is 9.81. The number of nitrogens with zero attached hydrogens (tertiary/aromatic N) is 2. The van der Waals surface area contributed by atoms with E-state index in [1.54, 1.807) is 4.90 Å². The van der Waals surface area contributed by atoms with Crippen molar-refractivity contribution in [2.24, 2.45) is 23.7 Å². The maximum Gasteiger partial charge on any atom is 0.409 e. The van der Waals surface area contributed by atoms with E-state index in [1.807, 2.05) is 68.4 Å². The number of amides is 2. The van der Waals surface area contributed by atoms with Gasteiger partial charge in [0.1, 0.15) is 11.2 Å². The first-order chi connectivity index (χ1) is 21.6. The minimum absolute atomic E-state index is 0.0110. The molecule has 2 heterocycles. The highest BCUT2D eigenvalue weighted by atomic mass is 16.6. The second-order valence-corrected chi connectivity index (χ2v) is 12.9. The van der Waals surface area contributed by atoms with Gasteiger partial charge in [-0.3, -0.25) is 0 Å². The molecule has 8 heteroatoms. The van der Waals surface area contributed by atoms with Gasteiger partial charge in [-0.15, -0.1) is 0 Å². The van der Waals surface area contributed by atoms with Gasteiger partial charge in [-0.25, -0.2) is 9.59 Å². The zero-order chi connectivity index (χ0) is 32.0. The van der Waals surface area contributed by atoms with Gasteiger partial charge in [0.25, 0.3) is 0 Å². The van der Waals surface area contributed by atoms with Crippen LogP contribution in [0.5, 0.6) is 0 Å². The van der Waals surface area contributed by atoms with Gasteiger partial charge in [0.15, 0.2) is 0 Å². The lowest BCUT2D eigenvalue weighted by atomic mass is 9.71. The molecule has 2 aromatic carbocycles. The first-order valence-electron chi connectivity index (χ1n) is 16.1. The first kappa shape index (κ1) is 32.4. The molecule has 2 saturated heterocycles. The standard InChI is InChI=1S/C19H23NO3.C18H21NO3/c1-2-23-18(21)20-13-16-9-6-11-19(22,17(16)14-20)12-10-15-7-4-3-5-8-15;1-13-4-2-5-14(10-13)7-9-18(22)8-3-6-15-11-19(17(20)21)12-16(15)18/h3-5,7-8,16-17,22H,2,6,9,11,13-14H2,1H3;2,4-5,10,15-16,22H,3,6,8,11-12H2,1H3,(H,20,21). The van der Waals surface area contributed by atoms with Gasteiger partial charge in [0.05, 0.1) is 6.61 Å². The zero-order valence-corrected chi connectivity index (χ0v) is 26.2. The molecule has 0 spiro atoms. The molecule has 6 unspecified atom stereocenters. The summed E-state index contributed by atoms with van der Waals surface area (Å²) in [5.41, 5.74) is 0.849. The Morgan fingerprint density at radius 1 is 0.822 bits per heavy atom. The zero-order valence-electron chi connectivity index (χ0n) is 26.2. The van der Waals surface area contributed by atoms with Crippen LogP contribution in [-0.4, -0.2) is 81.3 Å². The highest BCUT2D eigenvalue weighted by molar-refractivity contribution is 5.68. The molecule has 2 amide bonds. The molecule has 6 rings (SSSR count). The third kappa shape index (κ3) is 7.64. The van der Waals surface area contributed by atoms with E-state index in [0.29, 0.717) is 51.5 Å². The highest BCUT2D eigenvalue weighted by Gasteiger charge is 2.50. The third-order valence-electron chi connectivity index (χ3n) is 9.81. The Kier molecular flexibility index (Phi) is 10.1. The van der Waals surface area contributed by atoms with Crippen LogP contribution in [0.2, 0.25) is 0 Å². The van der Waals surface area contributed by atoms with Crippen molar-refractivity contribution in [3.05, 3.63) is 71.3 Å².